The summed E-state index contributed by atoms with van der Waals surface area (Å²) in [6.07, 6.45) is 2.61. The van der Waals surface area contributed by atoms with Crippen LogP contribution in [0.2, 0.25) is 0 Å². The van der Waals surface area contributed by atoms with Crippen molar-refractivity contribution in [3.05, 3.63) is 0 Å². The summed E-state index contributed by atoms with van der Waals surface area (Å²) in [5.74, 6) is 3.46. The van der Waals surface area contributed by atoms with E-state index < -0.39 is 0 Å². The highest BCUT2D eigenvalue weighted by molar-refractivity contribution is 8.17. The van der Waals surface area contributed by atoms with Crippen LogP contribution < -0.4 is 0 Å². The quantitative estimate of drug-likeness (QED) is 0.571. The van der Waals surface area contributed by atoms with Crippen molar-refractivity contribution in [2.75, 3.05) is 11.5 Å². The van der Waals surface area contributed by atoms with E-state index in [1.54, 1.807) is 0 Å². The molecule has 0 atom stereocenters. The monoisotopic (exact) mass is 206 g/mol. The highest BCUT2D eigenvalue weighted by atomic mass is 32.2. The first kappa shape index (κ1) is 12.7. The number of rotatable bonds is 7. The van der Waals surface area contributed by atoms with Gasteiger partial charge in [0.2, 0.25) is 0 Å². The first-order valence-corrected chi connectivity index (χ1v) is 7.05. The van der Waals surface area contributed by atoms with Crippen molar-refractivity contribution in [1.82, 2.24) is 0 Å². The zero-order chi connectivity index (χ0) is 9.40. The lowest BCUT2D eigenvalue weighted by Crippen LogP contribution is -2.08. The van der Waals surface area contributed by atoms with E-state index >= 15 is 0 Å². The Morgan fingerprint density at radius 1 is 0.917 bits per heavy atom. The molecule has 0 aliphatic heterocycles. The van der Waals surface area contributed by atoms with Crippen LogP contribution in [-0.4, -0.2) is 16.1 Å². The maximum Gasteiger partial charge on any atom is 0.0525 e. The molecular weight excluding hydrogens is 184 g/mol. The number of thioether (sulfide) groups is 2. The molecular formula is C10H22S2. The minimum Gasteiger partial charge on any atom is -0.147 e. The van der Waals surface area contributed by atoms with E-state index in [1.807, 2.05) is 0 Å². The standard InChI is InChI=1S/C10H22S2/c1-5-7-11-10(9(3)4)12-8-6-2/h9-10H,5-8H2,1-4H3. The van der Waals surface area contributed by atoms with Gasteiger partial charge in [-0.15, -0.1) is 23.5 Å². The Labute approximate surface area is 86.3 Å². The van der Waals surface area contributed by atoms with Crippen molar-refractivity contribution < 1.29 is 0 Å². The first-order chi connectivity index (χ1) is 5.72. The topological polar surface area (TPSA) is 0 Å². The summed E-state index contributed by atoms with van der Waals surface area (Å²) in [7, 11) is 0. The molecule has 0 aromatic carbocycles. The summed E-state index contributed by atoms with van der Waals surface area (Å²) in [6.45, 7) is 9.18. The first-order valence-electron chi connectivity index (χ1n) is 4.95. The van der Waals surface area contributed by atoms with Crippen LogP contribution in [0.1, 0.15) is 40.5 Å². The maximum atomic E-state index is 2.33. The van der Waals surface area contributed by atoms with Gasteiger partial charge in [0, 0.05) is 0 Å². The molecule has 0 heterocycles. The molecule has 0 saturated carbocycles. The van der Waals surface area contributed by atoms with Crippen LogP contribution >= 0.6 is 23.5 Å². The maximum absolute atomic E-state index is 2.33. The normalized spacial score (nSPS) is 11.5. The Morgan fingerprint density at radius 2 is 1.33 bits per heavy atom. The second-order valence-corrected chi connectivity index (χ2v) is 6.15. The molecule has 0 spiro atoms. The number of hydrogen-bond donors (Lipinski definition) is 0. The molecule has 0 unspecified atom stereocenters. The predicted molar refractivity (Wildman–Crippen MR) is 64.1 cm³/mol. The van der Waals surface area contributed by atoms with Gasteiger partial charge in [-0.1, -0.05) is 27.7 Å². The average molecular weight is 206 g/mol. The van der Waals surface area contributed by atoms with Gasteiger partial charge in [-0.3, -0.25) is 0 Å². The third-order valence-corrected chi connectivity index (χ3v) is 5.37. The van der Waals surface area contributed by atoms with Crippen molar-refractivity contribution in [3.8, 4) is 0 Å². The lowest BCUT2D eigenvalue weighted by atomic mass is 10.3. The zero-order valence-electron chi connectivity index (χ0n) is 8.80. The van der Waals surface area contributed by atoms with E-state index in [0.29, 0.717) is 0 Å². The van der Waals surface area contributed by atoms with E-state index in [2.05, 4.69) is 51.2 Å². The molecule has 0 rings (SSSR count). The largest absolute Gasteiger partial charge is 0.147 e. The molecule has 0 amide bonds. The summed E-state index contributed by atoms with van der Waals surface area (Å²) in [4.78, 5) is 0. The molecule has 74 valence electrons. The SMILES string of the molecule is CCCSC(SCCC)C(C)C. The average Bonchev–Trinajstić information content (AvgIpc) is 2.04. The molecule has 0 N–H and O–H groups in total. The Bertz CT molecular complexity index is 83.8. The molecule has 0 radical (unpaired) electrons. The van der Waals surface area contributed by atoms with Gasteiger partial charge in [-0.2, -0.15) is 0 Å². The van der Waals surface area contributed by atoms with Gasteiger partial charge in [0.1, 0.15) is 0 Å². The Morgan fingerprint density at radius 3 is 1.58 bits per heavy atom. The van der Waals surface area contributed by atoms with E-state index in [9.17, 15) is 0 Å². The van der Waals surface area contributed by atoms with Gasteiger partial charge >= 0.3 is 0 Å². The van der Waals surface area contributed by atoms with Gasteiger partial charge in [0.05, 0.1) is 4.58 Å². The van der Waals surface area contributed by atoms with Gasteiger partial charge in [-0.05, 0) is 30.3 Å². The lowest BCUT2D eigenvalue weighted by molar-refractivity contribution is 0.719. The van der Waals surface area contributed by atoms with Crippen LogP contribution in [0, 0.1) is 5.92 Å². The Kier molecular flexibility index (Phi) is 8.79. The zero-order valence-corrected chi connectivity index (χ0v) is 10.4. The van der Waals surface area contributed by atoms with Crippen molar-refractivity contribution in [3.63, 3.8) is 0 Å². The van der Waals surface area contributed by atoms with Crippen molar-refractivity contribution in [2.24, 2.45) is 5.92 Å². The minimum atomic E-state index is 0.818. The summed E-state index contributed by atoms with van der Waals surface area (Å²) in [6, 6.07) is 0. The van der Waals surface area contributed by atoms with Crippen molar-refractivity contribution in [2.45, 2.75) is 45.1 Å². The van der Waals surface area contributed by atoms with Gasteiger partial charge < -0.3 is 0 Å². The molecule has 0 aromatic rings. The van der Waals surface area contributed by atoms with Crippen LogP contribution in [0.4, 0.5) is 0 Å². The summed E-state index contributed by atoms with van der Waals surface area (Å²) >= 11 is 4.27. The van der Waals surface area contributed by atoms with Crippen molar-refractivity contribution in [1.29, 1.82) is 0 Å². The molecule has 0 bridgehead atoms. The van der Waals surface area contributed by atoms with Crippen LogP contribution in [0.15, 0.2) is 0 Å². The van der Waals surface area contributed by atoms with E-state index in [4.69, 9.17) is 0 Å². The van der Waals surface area contributed by atoms with Crippen LogP contribution in [0.5, 0.6) is 0 Å². The molecule has 2 heteroatoms. The summed E-state index contributed by atoms with van der Waals surface area (Å²) in [5.41, 5.74) is 0. The van der Waals surface area contributed by atoms with E-state index in [1.165, 1.54) is 24.3 Å². The molecule has 0 nitrogen and oxygen atoms in total. The Hall–Kier alpha value is 0.700. The fraction of sp³-hybridized carbons (Fsp3) is 1.00. The molecule has 0 fully saturated rings. The van der Waals surface area contributed by atoms with Crippen LogP contribution in [0.25, 0.3) is 0 Å². The van der Waals surface area contributed by atoms with Gasteiger partial charge in [0.25, 0.3) is 0 Å². The molecule has 12 heavy (non-hydrogen) atoms. The second-order valence-electron chi connectivity index (χ2n) is 3.35. The highest BCUT2D eigenvalue weighted by Crippen LogP contribution is 2.30. The summed E-state index contributed by atoms with van der Waals surface area (Å²) < 4.78 is 0.824. The van der Waals surface area contributed by atoms with Gasteiger partial charge in [0.15, 0.2) is 0 Å². The predicted octanol–water partition coefficient (Wildman–Crippen LogP) is 4.25. The fourth-order valence-electron chi connectivity index (χ4n) is 0.901. The third kappa shape index (κ3) is 6.24. The number of hydrogen-bond acceptors (Lipinski definition) is 2. The van der Waals surface area contributed by atoms with Crippen LogP contribution in [-0.2, 0) is 0 Å². The highest BCUT2D eigenvalue weighted by Gasteiger charge is 2.12. The molecule has 0 saturated heterocycles. The molecule has 0 aliphatic carbocycles. The van der Waals surface area contributed by atoms with Crippen LogP contribution in [0.3, 0.4) is 0 Å². The second kappa shape index (κ2) is 8.31. The van der Waals surface area contributed by atoms with E-state index in [0.717, 1.165) is 10.5 Å². The van der Waals surface area contributed by atoms with Gasteiger partial charge in [-0.25, -0.2) is 0 Å². The van der Waals surface area contributed by atoms with Crippen molar-refractivity contribution >= 4 is 23.5 Å². The third-order valence-electron chi connectivity index (χ3n) is 1.52. The smallest absolute Gasteiger partial charge is 0.0525 e. The molecule has 0 aromatic heterocycles. The minimum absolute atomic E-state index is 0.818. The summed E-state index contributed by atoms with van der Waals surface area (Å²) in [5, 5.41) is 0. The lowest BCUT2D eigenvalue weighted by Gasteiger charge is -2.19. The molecule has 0 aliphatic rings. The fourth-order valence-corrected chi connectivity index (χ4v) is 3.57. The van der Waals surface area contributed by atoms with E-state index in [-0.39, 0.29) is 0 Å². The Balaban J connectivity index is 3.55.